The molecule has 2 aromatic heterocycles. The molecule has 9 nitrogen and oxygen atoms in total. The number of nitrogens with one attached hydrogen (secondary N) is 1. The summed E-state index contributed by atoms with van der Waals surface area (Å²) in [4.78, 5) is 56.9. The zero-order chi connectivity index (χ0) is 29.8. The molecule has 0 saturated heterocycles. The highest BCUT2D eigenvalue weighted by atomic mass is 35.5. The second-order valence-electron chi connectivity index (χ2n) is 10.4. The minimum absolute atomic E-state index is 0.0172. The zero-order valence-corrected chi connectivity index (χ0v) is 23.7. The highest BCUT2D eigenvalue weighted by molar-refractivity contribution is 6.30. The van der Waals surface area contributed by atoms with Crippen LogP contribution in [0.4, 0.5) is 4.39 Å². The lowest BCUT2D eigenvalue weighted by Crippen LogP contribution is -2.43. The summed E-state index contributed by atoms with van der Waals surface area (Å²) >= 11 is 5.82. The molecule has 5 rings (SSSR count). The molecule has 1 aliphatic carbocycles. The summed E-state index contributed by atoms with van der Waals surface area (Å²) in [5.41, 5.74) is 2.44. The van der Waals surface area contributed by atoms with Gasteiger partial charge in [0.1, 0.15) is 23.8 Å². The van der Waals surface area contributed by atoms with Gasteiger partial charge < -0.3 is 10.2 Å². The molecule has 1 saturated carbocycles. The number of Topliss-reactive ketones (excluding diaryl/α,β-unsaturated/α-hetero) is 2. The van der Waals surface area contributed by atoms with Crippen LogP contribution in [0.15, 0.2) is 60.8 Å². The van der Waals surface area contributed by atoms with E-state index in [2.05, 4.69) is 15.4 Å². The third kappa shape index (κ3) is 6.88. The molecule has 11 heteroatoms. The molecule has 2 heterocycles. The van der Waals surface area contributed by atoms with Crippen LogP contribution in [0.1, 0.15) is 47.1 Å². The maximum Gasteiger partial charge on any atom is 0.245 e. The molecule has 2 aromatic carbocycles. The van der Waals surface area contributed by atoms with Gasteiger partial charge in [-0.25, -0.2) is 4.39 Å². The molecule has 0 aliphatic heterocycles. The normalized spacial score (nSPS) is 12.7. The van der Waals surface area contributed by atoms with Crippen LogP contribution in [-0.2, 0) is 40.3 Å². The largest absolute Gasteiger partial charge is 0.350 e. The summed E-state index contributed by atoms with van der Waals surface area (Å²) < 4.78 is 15.6. The van der Waals surface area contributed by atoms with E-state index in [9.17, 15) is 23.6 Å². The van der Waals surface area contributed by atoms with Crippen molar-refractivity contribution < 1.29 is 23.6 Å². The third-order valence-corrected chi connectivity index (χ3v) is 7.36. The summed E-state index contributed by atoms with van der Waals surface area (Å²) in [7, 11) is 0. The summed E-state index contributed by atoms with van der Waals surface area (Å²) in [6.07, 6.45) is 3.55. The standard InChI is InChI=1S/C31H29ClFN5O4/c1-19(39)31-25-14-20(13-24(40)15-22-6-2-3-12-34-22)8-11-27(25)38(36-31)18-29(42)37(23-9-10-23)17-28(41)35-16-21-5-4-7-26(32)30(21)33/h2-8,11-12,14,23H,9-10,13,15-18H2,1H3,(H,35,41). The van der Waals surface area contributed by atoms with Gasteiger partial charge in [0.15, 0.2) is 5.78 Å². The number of benzene rings is 2. The summed E-state index contributed by atoms with van der Waals surface area (Å²) in [6, 6.07) is 15.2. The first kappa shape index (κ1) is 29.1. The molecule has 0 spiro atoms. The van der Waals surface area contributed by atoms with Crippen molar-refractivity contribution in [1.82, 2.24) is 25.0 Å². The lowest BCUT2D eigenvalue weighted by Gasteiger charge is -2.22. The Bertz CT molecular complexity index is 1670. The van der Waals surface area contributed by atoms with Gasteiger partial charge in [-0.1, -0.05) is 35.9 Å². The number of pyridine rings is 1. The Balaban J connectivity index is 1.28. The lowest BCUT2D eigenvalue weighted by atomic mass is 10.0. The van der Waals surface area contributed by atoms with Crippen molar-refractivity contribution in [2.75, 3.05) is 6.54 Å². The molecule has 1 aliphatic rings. The average molecular weight is 590 g/mol. The molecule has 1 fully saturated rings. The Morgan fingerprint density at radius 1 is 1.07 bits per heavy atom. The van der Waals surface area contributed by atoms with E-state index in [1.807, 2.05) is 6.07 Å². The topological polar surface area (TPSA) is 114 Å². The van der Waals surface area contributed by atoms with Crippen molar-refractivity contribution in [3.8, 4) is 0 Å². The van der Waals surface area contributed by atoms with Gasteiger partial charge in [0.05, 0.1) is 17.1 Å². The number of carbonyl (C=O) groups excluding carboxylic acids is 4. The predicted molar refractivity (Wildman–Crippen MR) is 154 cm³/mol. The van der Waals surface area contributed by atoms with E-state index in [0.29, 0.717) is 16.6 Å². The van der Waals surface area contributed by atoms with E-state index in [1.54, 1.807) is 42.6 Å². The first-order chi connectivity index (χ1) is 20.2. The molecule has 0 atom stereocenters. The van der Waals surface area contributed by atoms with E-state index >= 15 is 0 Å². The van der Waals surface area contributed by atoms with Crippen molar-refractivity contribution in [2.45, 2.75) is 51.7 Å². The van der Waals surface area contributed by atoms with Crippen molar-refractivity contribution in [1.29, 1.82) is 0 Å². The number of halogens is 2. The van der Waals surface area contributed by atoms with E-state index < -0.39 is 11.7 Å². The minimum atomic E-state index is -0.595. The van der Waals surface area contributed by atoms with Gasteiger partial charge in [-0.2, -0.15) is 5.10 Å². The number of ketones is 2. The average Bonchev–Trinajstić information content (AvgIpc) is 3.74. The molecular formula is C31H29ClFN5O4. The smallest absolute Gasteiger partial charge is 0.245 e. The molecule has 2 amide bonds. The maximum atomic E-state index is 14.2. The molecule has 0 radical (unpaired) electrons. The molecule has 216 valence electrons. The van der Waals surface area contributed by atoms with E-state index in [1.165, 1.54) is 28.6 Å². The number of amides is 2. The number of hydrogen-bond donors (Lipinski definition) is 1. The fraction of sp³-hybridized carbons (Fsp3) is 0.290. The van der Waals surface area contributed by atoms with Crippen molar-refractivity contribution >= 4 is 45.9 Å². The molecule has 42 heavy (non-hydrogen) atoms. The van der Waals surface area contributed by atoms with Crippen LogP contribution in [0.2, 0.25) is 5.02 Å². The summed E-state index contributed by atoms with van der Waals surface area (Å²) in [6.45, 7) is 0.980. The third-order valence-electron chi connectivity index (χ3n) is 7.07. The number of aromatic nitrogens is 3. The van der Waals surface area contributed by atoms with Gasteiger partial charge in [-0.3, -0.25) is 28.8 Å². The van der Waals surface area contributed by atoms with Gasteiger partial charge in [0.25, 0.3) is 0 Å². The zero-order valence-electron chi connectivity index (χ0n) is 23.0. The van der Waals surface area contributed by atoms with Crippen LogP contribution in [0.25, 0.3) is 10.9 Å². The van der Waals surface area contributed by atoms with E-state index in [0.717, 1.165) is 18.4 Å². The van der Waals surface area contributed by atoms with Crippen molar-refractivity contribution in [3.05, 3.63) is 94.1 Å². The number of hydrogen-bond acceptors (Lipinski definition) is 6. The molecule has 0 bridgehead atoms. The first-order valence-corrected chi connectivity index (χ1v) is 14.0. The van der Waals surface area contributed by atoms with Crippen LogP contribution < -0.4 is 5.32 Å². The Labute approximate surface area is 246 Å². The lowest BCUT2D eigenvalue weighted by molar-refractivity contribution is -0.137. The Hall–Kier alpha value is -4.44. The molecule has 1 N–H and O–H groups in total. The summed E-state index contributed by atoms with van der Waals surface area (Å²) in [5, 5.41) is 7.60. The number of carbonyl (C=O) groups is 4. The Morgan fingerprint density at radius 2 is 1.88 bits per heavy atom. The van der Waals surface area contributed by atoms with Gasteiger partial charge in [0, 0.05) is 55.2 Å². The quantitative estimate of drug-likeness (QED) is 0.249. The molecule has 4 aromatic rings. The van der Waals surface area contributed by atoms with Gasteiger partial charge in [0.2, 0.25) is 11.8 Å². The van der Waals surface area contributed by atoms with E-state index in [4.69, 9.17) is 11.6 Å². The predicted octanol–water partition coefficient (Wildman–Crippen LogP) is 4.09. The first-order valence-electron chi connectivity index (χ1n) is 13.6. The molecule has 0 unspecified atom stereocenters. The molecular weight excluding hydrogens is 561 g/mol. The Morgan fingerprint density at radius 3 is 2.60 bits per heavy atom. The van der Waals surface area contributed by atoms with Crippen LogP contribution >= 0.6 is 11.6 Å². The van der Waals surface area contributed by atoms with Gasteiger partial charge in [-0.05, 0) is 48.7 Å². The van der Waals surface area contributed by atoms with Crippen LogP contribution in [0.3, 0.4) is 0 Å². The highest BCUT2D eigenvalue weighted by Gasteiger charge is 2.34. The van der Waals surface area contributed by atoms with Crippen molar-refractivity contribution in [2.24, 2.45) is 0 Å². The maximum absolute atomic E-state index is 14.2. The van der Waals surface area contributed by atoms with Crippen LogP contribution in [0, 0.1) is 5.82 Å². The second kappa shape index (κ2) is 12.6. The number of nitrogens with zero attached hydrogens (tertiary/aromatic N) is 4. The Kier molecular flexibility index (Phi) is 8.72. The van der Waals surface area contributed by atoms with Crippen LogP contribution in [-0.4, -0.2) is 55.6 Å². The number of rotatable bonds is 12. The van der Waals surface area contributed by atoms with Gasteiger partial charge >= 0.3 is 0 Å². The summed E-state index contributed by atoms with van der Waals surface area (Å²) in [5.74, 6) is -1.63. The fourth-order valence-electron chi connectivity index (χ4n) is 4.83. The van der Waals surface area contributed by atoms with Crippen molar-refractivity contribution in [3.63, 3.8) is 0 Å². The van der Waals surface area contributed by atoms with E-state index in [-0.39, 0.29) is 72.3 Å². The minimum Gasteiger partial charge on any atom is -0.350 e. The fourth-order valence-corrected chi connectivity index (χ4v) is 5.02. The monoisotopic (exact) mass is 589 g/mol. The SMILES string of the molecule is CC(=O)c1nn(CC(=O)N(CC(=O)NCc2cccc(Cl)c2F)C2CC2)c2ccc(CC(=O)Cc3ccccn3)cc12. The highest BCUT2D eigenvalue weighted by Crippen LogP contribution is 2.28. The van der Waals surface area contributed by atoms with Crippen LogP contribution in [0.5, 0.6) is 0 Å². The van der Waals surface area contributed by atoms with Gasteiger partial charge in [-0.15, -0.1) is 0 Å². The number of fused-ring (bicyclic) bond motifs is 1. The second-order valence-corrected chi connectivity index (χ2v) is 10.8.